The maximum absolute atomic E-state index is 13.3. The van der Waals surface area contributed by atoms with E-state index in [1.807, 2.05) is 26.0 Å². The van der Waals surface area contributed by atoms with Crippen molar-refractivity contribution in [2.45, 2.75) is 45.7 Å². The van der Waals surface area contributed by atoms with Crippen molar-refractivity contribution in [3.05, 3.63) is 58.1 Å². The maximum Gasteiger partial charge on any atom is 0.311 e. The number of methoxy groups -OCH3 is 2. The predicted molar refractivity (Wildman–Crippen MR) is 131 cm³/mol. The van der Waals surface area contributed by atoms with Crippen LogP contribution in [-0.4, -0.2) is 55.1 Å². The Labute approximate surface area is 205 Å². The number of hydrogen-bond donors (Lipinski definition) is 1. The van der Waals surface area contributed by atoms with Crippen molar-refractivity contribution in [1.82, 2.24) is 10.2 Å². The van der Waals surface area contributed by atoms with Gasteiger partial charge in [-0.25, -0.2) is 0 Å². The molecule has 2 amide bonds. The first-order chi connectivity index (χ1) is 16.8. The molecular formula is C25H33N3O7. The number of nitrogens with one attached hydrogen (secondary N) is 1. The first-order valence-electron chi connectivity index (χ1n) is 11.5. The highest BCUT2D eigenvalue weighted by atomic mass is 16.6. The molecule has 0 aliphatic rings. The first kappa shape index (κ1) is 27.4. The number of nitrogens with zero attached hydrogens (tertiary/aromatic N) is 2. The molecule has 2 aromatic rings. The average molecular weight is 488 g/mol. The molecule has 2 aromatic carbocycles. The number of unbranched alkanes of at least 4 members (excludes halogenated alkanes) is 1. The largest absolute Gasteiger partial charge is 0.497 e. The van der Waals surface area contributed by atoms with Crippen molar-refractivity contribution in [1.29, 1.82) is 0 Å². The molecule has 2 rings (SSSR count). The Hall–Kier alpha value is -3.82. The number of amides is 2. The number of carbonyl (C=O) groups is 2. The summed E-state index contributed by atoms with van der Waals surface area (Å²) in [4.78, 5) is 38.2. The van der Waals surface area contributed by atoms with E-state index in [2.05, 4.69) is 5.32 Å². The van der Waals surface area contributed by atoms with Crippen LogP contribution in [0, 0.1) is 10.1 Å². The number of nitro benzene ring substituents is 1. The molecule has 0 bridgehead atoms. The van der Waals surface area contributed by atoms with Crippen LogP contribution in [0.2, 0.25) is 0 Å². The molecule has 10 nitrogen and oxygen atoms in total. The van der Waals surface area contributed by atoms with E-state index in [0.717, 1.165) is 18.4 Å². The van der Waals surface area contributed by atoms with E-state index in [9.17, 15) is 19.7 Å². The minimum Gasteiger partial charge on any atom is -0.497 e. The molecule has 0 saturated heterocycles. The lowest BCUT2D eigenvalue weighted by Crippen LogP contribution is -2.50. The summed E-state index contributed by atoms with van der Waals surface area (Å²) in [5.41, 5.74) is 0.623. The Morgan fingerprint density at radius 3 is 2.31 bits per heavy atom. The summed E-state index contributed by atoms with van der Waals surface area (Å²) in [6.07, 6.45) is 2.21. The molecule has 0 unspecified atom stereocenters. The van der Waals surface area contributed by atoms with E-state index in [4.69, 9.17) is 14.2 Å². The average Bonchev–Trinajstić information content (AvgIpc) is 2.87. The zero-order chi connectivity index (χ0) is 25.8. The van der Waals surface area contributed by atoms with Crippen molar-refractivity contribution in [2.24, 2.45) is 0 Å². The van der Waals surface area contributed by atoms with Crippen LogP contribution in [0.25, 0.3) is 0 Å². The number of ether oxygens (including phenoxy) is 3. The molecule has 0 spiro atoms. The van der Waals surface area contributed by atoms with Crippen LogP contribution >= 0.6 is 0 Å². The number of benzene rings is 2. The SMILES string of the molecule is CCCCNC(=O)[C@H](CC)N(Cc1ccc(OC)cc1)C(=O)COc1ccc([N+](=O)[O-])c(OC)c1. The highest BCUT2D eigenvalue weighted by molar-refractivity contribution is 5.88. The summed E-state index contributed by atoms with van der Waals surface area (Å²) in [6.45, 7) is 4.27. The summed E-state index contributed by atoms with van der Waals surface area (Å²) in [5.74, 6) is 0.337. The monoisotopic (exact) mass is 487 g/mol. The van der Waals surface area contributed by atoms with E-state index >= 15 is 0 Å². The lowest BCUT2D eigenvalue weighted by molar-refractivity contribution is -0.385. The fourth-order valence-corrected chi connectivity index (χ4v) is 3.48. The minimum absolute atomic E-state index is 0.0248. The summed E-state index contributed by atoms with van der Waals surface area (Å²) >= 11 is 0. The summed E-state index contributed by atoms with van der Waals surface area (Å²) in [6, 6.07) is 10.6. The molecule has 0 radical (unpaired) electrons. The highest BCUT2D eigenvalue weighted by Gasteiger charge is 2.29. The Kier molecular flexibility index (Phi) is 10.8. The fraction of sp³-hybridized carbons (Fsp3) is 0.440. The molecule has 0 heterocycles. The summed E-state index contributed by atoms with van der Waals surface area (Å²) in [5, 5.41) is 14.0. The summed E-state index contributed by atoms with van der Waals surface area (Å²) in [7, 11) is 2.89. The zero-order valence-electron chi connectivity index (χ0n) is 20.6. The van der Waals surface area contributed by atoms with Crippen molar-refractivity contribution in [3.63, 3.8) is 0 Å². The third kappa shape index (κ3) is 7.87. The van der Waals surface area contributed by atoms with Crippen LogP contribution in [-0.2, 0) is 16.1 Å². The van der Waals surface area contributed by atoms with Gasteiger partial charge in [0.2, 0.25) is 11.7 Å². The van der Waals surface area contributed by atoms with E-state index in [1.165, 1.54) is 30.2 Å². The van der Waals surface area contributed by atoms with Gasteiger partial charge in [0.1, 0.15) is 17.5 Å². The Bertz CT molecular complexity index is 995. The molecule has 10 heteroatoms. The molecule has 1 N–H and O–H groups in total. The minimum atomic E-state index is -0.684. The van der Waals surface area contributed by atoms with Crippen LogP contribution in [0.1, 0.15) is 38.7 Å². The lowest BCUT2D eigenvalue weighted by Gasteiger charge is -2.30. The quantitative estimate of drug-likeness (QED) is 0.245. The second kappa shape index (κ2) is 13.8. The van der Waals surface area contributed by atoms with Gasteiger partial charge >= 0.3 is 5.69 Å². The molecule has 0 saturated carbocycles. The van der Waals surface area contributed by atoms with E-state index in [1.54, 1.807) is 19.2 Å². The number of hydrogen-bond acceptors (Lipinski definition) is 7. The van der Waals surface area contributed by atoms with Crippen LogP contribution in [0.5, 0.6) is 17.2 Å². The van der Waals surface area contributed by atoms with Crippen LogP contribution in [0.15, 0.2) is 42.5 Å². The molecule has 0 aliphatic carbocycles. The number of carbonyl (C=O) groups excluding carboxylic acids is 2. The van der Waals surface area contributed by atoms with Crippen molar-refractivity contribution in [2.75, 3.05) is 27.4 Å². The van der Waals surface area contributed by atoms with Crippen molar-refractivity contribution in [3.8, 4) is 17.2 Å². The summed E-state index contributed by atoms with van der Waals surface area (Å²) < 4.78 is 15.9. The lowest BCUT2D eigenvalue weighted by atomic mass is 10.1. The Morgan fingerprint density at radius 2 is 1.74 bits per heavy atom. The Balaban J connectivity index is 2.22. The predicted octanol–water partition coefficient (Wildman–Crippen LogP) is 3.71. The van der Waals surface area contributed by atoms with Gasteiger partial charge in [0.05, 0.1) is 19.1 Å². The second-order valence-corrected chi connectivity index (χ2v) is 7.82. The van der Waals surface area contributed by atoms with Crippen LogP contribution in [0.4, 0.5) is 5.69 Å². The highest BCUT2D eigenvalue weighted by Crippen LogP contribution is 2.30. The Morgan fingerprint density at radius 1 is 1.06 bits per heavy atom. The zero-order valence-corrected chi connectivity index (χ0v) is 20.6. The normalized spacial score (nSPS) is 11.3. The van der Waals surface area contributed by atoms with Gasteiger partial charge in [-0.3, -0.25) is 19.7 Å². The first-order valence-corrected chi connectivity index (χ1v) is 11.5. The van der Waals surface area contributed by atoms with Crippen molar-refractivity contribution < 1.29 is 28.7 Å². The smallest absolute Gasteiger partial charge is 0.311 e. The molecule has 0 aromatic heterocycles. The standard InChI is InChI=1S/C25H33N3O7/c1-5-7-14-26-25(30)21(6-2)27(16-18-8-10-19(33-3)11-9-18)24(29)17-35-20-12-13-22(28(31)32)23(15-20)34-4/h8-13,15,21H,5-7,14,16-17H2,1-4H3,(H,26,30)/t21-/m0/s1. The van der Waals surface area contributed by atoms with Gasteiger partial charge in [-0.1, -0.05) is 32.4 Å². The number of nitro groups is 1. The third-order valence-electron chi connectivity index (χ3n) is 5.44. The van der Waals surface area contributed by atoms with E-state index < -0.39 is 16.9 Å². The second-order valence-electron chi connectivity index (χ2n) is 7.82. The van der Waals surface area contributed by atoms with Gasteiger partial charge in [-0.2, -0.15) is 0 Å². The van der Waals surface area contributed by atoms with Gasteiger partial charge in [0, 0.05) is 25.2 Å². The van der Waals surface area contributed by atoms with Crippen molar-refractivity contribution >= 4 is 17.5 Å². The maximum atomic E-state index is 13.3. The molecule has 35 heavy (non-hydrogen) atoms. The van der Waals surface area contributed by atoms with Gasteiger partial charge < -0.3 is 24.4 Å². The molecule has 1 atom stereocenters. The fourth-order valence-electron chi connectivity index (χ4n) is 3.48. The van der Waals surface area contributed by atoms with Gasteiger partial charge in [0.15, 0.2) is 6.61 Å². The number of rotatable bonds is 14. The van der Waals surface area contributed by atoms with E-state index in [0.29, 0.717) is 18.7 Å². The van der Waals surface area contributed by atoms with Gasteiger partial charge in [-0.15, -0.1) is 0 Å². The van der Waals surface area contributed by atoms with Crippen LogP contribution < -0.4 is 19.5 Å². The van der Waals surface area contributed by atoms with Gasteiger partial charge in [0.25, 0.3) is 5.91 Å². The molecule has 0 fully saturated rings. The molecule has 0 aliphatic heterocycles. The topological polar surface area (TPSA) is 120 Å². The van der Waals surface area contributed by atoms with Gasteiger partial charge in [-0.05, 0) is 36.6 Å². The third-order valence-corrected chi connectivity index (χ3v) is 5.44. The van der Waals surface area contributed by atoms with Crippen LogP contribution in [0.3, 0.4) is 0 Å². The van der Waals surface area contributed by atoms with E-state index in [-0.39, 0.29) is 36.2 Å². The molecule has 190 valence electrons. The molecular weight excluding hydrogens is 454 g/mol.